The van der Waals surface area contributed by atoms with Crippen LogP contribution in [0.1, 0.15) is 34.3 Å². The molecule has 0 amide bonds. The Morgan fingerprint density at radius 2 is 1.84 bits per heavy atom. The molecule has 19 heavy (non-hydrogen) atoms. The second kappa shape index (κ2) is 4.88. The van der Waals surface area contributed by atoms with E-state index in [0.29, 0.717) is 6.42 Å². The number of carbonyl (C=O) groups is 1. The van der Waals surface area contributed by atoms with Gasteiger partial charge in [0.1, 0.15) is 0 Å². The van der Waals surface area contributed by atoms with Crippen molar-refractivity contribution in [3.63, 3.8) is 0 Å². The van der Waals surface area contributed by atoms with Crippen molar-refractivity contribution < 1.29 is 4.79 Å². The van der Waals surface area contributed by atoms with Crippen LogP contribution in [-0.2, 0) is 6.42 Å². The first kappa shape index (κ1) is 12.0. The molecule has 2 aromatic rings. The molecule has 96 valence electrons. The van der Waals surface area contributed by atoms with Crippen LogP contribution in [-0.4, -0.2) is 5.78 Å². The van der Waals surface area contributed by atoms with Gasteiger partial charge in [-0.3, -0.25) is 4.79 Å². The molecule has 0 fully saturated rings. The normalized spacial score (nSPS) is 14.1. The molecular weight excluding hydrogens is 234 g/mol. The summed E-state index contributed by atoms with van der Waals surface area (Å²) in [4.78, 5) is 11.8. The molecule has 1 aliphatic rings. The maximum Gasteiger partial charge on any atom is 0.163 e. The fourth-order valence-corrected chi connectivity index (χ4v) is 2.61. The molecular formula is C17H17NO. The summed E-state index contributed by atoms with van der Waals surface area (Å²) in [7, 11) is 0. The topological polar surface area (TPSA) is 29.1 Å². The average Bonchev–Trinajstić information content (AvgIpc) is 2.39. The van der Waals surface area contributed by atoms with Crippen molar-refractivity contribution in [2.45, 2.75) is 26.2 Å². The molecule has 0 unspecified atom stereocenters. The fraction of sp³-hybridized carbons (Fsp3) is 0.235. The maximum atomic E-state index is 11.8. The molecule has 3 rings (SSSR count). The van der Waals surface area contributed by atoms with E-state index < -0.39 is 0 Å². The third kappa shape index (κ3) is 2.53. The van der Waals surface area contributed by atoms with Crippen molar-refractivity contribution in [2.24, 2.45) is 0 Å². The van der Waals surface area contributed by atoms with Crippen LogP contribution in [0.4, 0.5) is 11.4 Å². The van der Waals surface area contributed by atoms with Crippen LogP contribution in [0.2, 0.25) is 0 Å². The summed E-state index contributed by atoms with van der Waals surface area (Å²) in [6.45, 7) is 2.08. The summed E-state index contributed by atoms with van der Waals surface area (Å²) in [5, 5.41) is 3.40. The number of ketones is 1. The van der Waals surface area contributed by atoms with Crippen molar-refractivity contribution in [3.05, 3.63) is 59.2 Å². The summed E-state index contributed by atoms with van der Waals surface area (Å²) in [6.07, 6.45) is 2.67. The minimum Gasteiger partial charge on any atom is -0.356 e. The molecule has 0 saturated heterocycles. The van der Waals surface area contributed by atoms with E-state index >= 15 is 0 Å². The number of carbonyl (C=O) groups excluding carboxylic acids is 1. The highest BCUT2D eigenvalue weighted by molar-refractivity contribution is 5.98. The summed E-state index contributed by atoms with van der Waals surface area (Å²) < 4.78 is 0. The first-order valence-corrected chi connectivity index (χ1v) is 6.72. The lowest BCUT2D eigenvalue weighted by Gasteiger charge is -2.16. The van der Waals surface area contributed by atoms with Gasteiger partial charge in [0.05, 0.1) is 0 Å². The highest BCUT2D eigenvalue weighted by Crippen LogP contribution is 2.26. The number of Topliss-reactive ketones (excluding diaryl/α,β-unsaturated/α-hetero) is 1. The molecule has 0 heterocycles. The van der Waals surface area contributed by atoms with Gasteiger partial charge in [0.15, 0.2) is 5.78 Å². The van der Waals surface area contributed by atoms with Gasteiger partial charge < -0.3 is 5.32 Å². The Bertz CT molecular complexity index is 631. The molecule has 0 radical (unpaired) electrons. The van der Waals surface area contributed by atoms with E-state index in [9.17, 15) is 4.79 Å². The SMILES string of the molecule is Cc1cccc(Nc2ccc3c(c2)CCCC3=O)c1. The van der Waals surface area contributed by atoms with E-state index in [0.717, 1.165) is 29.8 Å². The molecule has 0 atom stereocenters. The number of hydrogen-bond donors (Lipinski definition) is 1. The predicted octanol–water partition coefficient (Wildman–Crippen LogP) is 4.26. The molecule has 2 aromatic carbocycles. The maximum absolute atomic E-state index is 11.8. The van der Waals surface area contributed by atoms with Gasteiger partial charge in [0, 0.05) is 23.4 Å². The van der Waals surface area contributed by atoms with Crippen LogP contribution in [0.15, 0.2) is 42.5 Å². The number of fused-ring (bicyclic) bond motifs is 1. The van der Waals surface area contributed by atoms with Crippen LogP contribution in [0.3, 0.4) is 0 Å². The Balaban J connectivity index is 1.88. The first-order valence-electron chi connectivity index (χ1n) is 6.72. The monoisotopic (exact) mass is 251 g/mol. The van der Waals surface area contributed by atoms with Gasteiger partial charge in [-0.25, -0.2) is 0 Å². The second-order valence-corrected chi connectivity index (χ2v) is 5.14. The Morgan fingerprint density at radius 1 is 1.00 bits per heavy atom. The highest BCUT2D eigenvalue weighted by atomic mass is 16.1. The second-order valence-electron chi connectivity index (χ2n) is 5.14. The summed E-state index contributed by atoms with van der Waals surface area (Å²) in [5.74, 6) is 0.281. The van der Waals surface area contributed by atoms with E-state index in [4.69, 9.17) is 0 Å². The molecule has 0 aromatic heterocycles. The minimum absolute atomic E-state index is 0.281. The third-order valence-corrected chi connectivity index (χ3v) is 3.56. The van der Waals surface area contributed by atoms with Gasteiger partial charge in [-0.15, -0.1) is 0 Å². The Morgan fingerprint density at radius 3 is 2.68 bits per heavy atom. The predicted molar refractivity (Wildman–Crippen MR) is 78.2 cm³/mol. The number of nitrogens with one attached hydrogen (secondary N) is 1. The van der Waals surface area contributed by atoms with Crippen LogP contribution in [0.25, 0.3) is 0 Å². The molecule has 1 aliphatic carbocycles. The number of rotatable bonds is 2. The summed E-state index contributed by atoms with van der Waals surface area (Å²) in [5.41, 5.74) is 5.45. The molecule has 0 aliphatic heterocycles. The lowest BCUT2D eigenvalue weighted by molar-refractivity contribution is 0.0972. The number of hydrogen-bond acceptors (Lipinski definition) is 2. The molecule has 0 saturated carbocycles. The Hall–Kier alpha value is -2.09. The van der Waals surface area contributed by atoms with Crippen LogP contribution >= 0.6 is 0 Å². The lowest BCUT2D eigenvalue weighted by atomic mass is 9.90. The zero-order chi connectivity index (χ0) is 13.2. The van der Waals surface area contributed by atoms with Gasteiger partial charge in [0.25, 0.3) is 0 Å². The van der Waals surface area contributed by atoms with Gasteiger partial charge in [-0.1, -0.05) is 12.1 Å². The quantitative estimate of drug-likeness (QED) is 0.864. The third-order valence-electron chi connectivity index (χ3n) is 3.56. The summed E-state index contributed by atoms with van der Waals surface area (Å²) in [6, 6.07) is 14.3. The van der Waals surface area contributed by atoms with Crippen LogP contribution < -0.4 is 5.32 Å². The van der Waals surface area contributed by atoms with Crippen molar-refractivity contribution in [3.8, 4) is 0 Å². The lowest BCUT2D eigenvalue weighted by Crippen LogP contribution is -2.10. The van der Waals surface area contributed by atoms with E-state index in [2.05, 4.69) is 36.5 Å². The van der Waals surface area contributed by atoms with Gasteiger partial charge in [-0.2, -0.15) is 0 Å². The molecule has 2 nitrogen and oxygen atoms in total. The van der Waals surface area contributed by atoms with E-state index in [1.807, 2.05) is 18.2 Å². The standard InChI is InChI=1S/C17H17NO/c1-12-4-2-6-14(10-12)18-15-8-9-16-13(11-15)5-3-7-17(16)19/h2,4,6,8-11,18H,3,5,7H2,1H3. The van der Waals surface area contributed by atoms with Crippen LogP contribution in [0, 0.1) is 6.92 Å². The molecule has 1 N–H and O–H groups in total. The van der Waals surface area contributed by atoms with Crippen molar-refractivity contribution in [1.29, 1.82) is 0 Å². The zero-order valence-corrected chi connectivity index (χ0v) is 11.1. The smallest absolute Gasteiger partial charge is 0.163 e. The Labute approximate surface area is 113 Å². The zero-order valence-electron chi connectivity index (χ0n) is 11.1. The summed E-state index contributed by atoms with van der Waals surface area (Å²) >= 11 is 0. The van der Waals surface area contributed by atoms with Crippen molar-refractivity contribution in [1.82, 2.24) is 0 Å². The largest absolute Gasteiger partial charge is 0.356 e. The number of aryl methyl sites for hydroxylation is 2. The molecule has 0 spiro atoms. The first-order chi connectivity index (χ1) is 9.22. The highest BCUT2D eigenvalue weighted by Gasteiger charge is 2.16. The van der Waals surface area contributed by atoms with Crippen LogP contribution in [0.5, 0.6) is 0 Å². The van der Waals surface area contributed by atoms with Gasteiger partial charge in [-0.05, 0) is 61.2 Å². The van der Waals surface area contributed by atoms with Crippen molar-refractivity contribution in [2.75, 3.05) is 5.32 Å². The Kier molecular flexibility index (Phi) is 3.08. The fourth-order valence-electron chi connectivity index (χ4n) is 2.61. The number of anilines is 2. The minimum atomic E-state index is 0.281. The van der Waals surface area contributed by atoms with E-state index in [-0.39, 0.29) is 5.78 Å². The number of benzene rings is 2. The molecule has 2 heteroatoms. The van der Waals surface area contributed by atoms with E-state index in [1.54, 1.807) is 0 Å². The molecule has 0 bridgehead atoms. The van der Waals surface area contributed by atoms with E-state index in [1.165, 1.54) is 11.1 Å². The van der Waals surface area contributed by atoms with Gasteiger partial charge in [0.2, 0.25) is 0 Å². The van der Waals surface area contributed by atoms with Crippen molar-refractivity contribution >= 4 is 17.2 Å². The average molecular weight is 251 g/mol. The van der Waals surface area contributed by atoms with Gasteiger partial charge >= 0.3 is 0 Å².